The summed E-state index contributed by atoms with van der Waals surface area (Å²) in [5.74, 6) is 1.88. The second-order valence-electron chi connectivity index (χ2n) is 4.33. The smallest absolute Gasteiger partial charge is 0.221 e. The lowest BCUT2D eigenvalue weighted by molar-refractivity contribution is -0.123. The van der Waals surface area contributed by atoms with Crippen LogP contribution in [0.2, 0.25) is 0 Å². The summed E-state index contributed by atoms with van der Waals surface area (Å²) < 4.78 is 5.35. The Balaban J connectivity index is 1.81. The fraction of sp³-hybridized carbons (Fsp3) is 0.636. The van der Waals surface area contributed by atoms with Crippen molar-refractivity contribution in [2.24, 2.45) is 5.92 Å². The predicted octanol–water partition coefficient (Wildman–Crippen LogP) is 0.770. The van der Waals surface area contributed by atoms with Gasteiger partial charge in [0.2, 0.25) is 11.8 Å². The van der Waals surface area contributed by atoms with Crippen LogP contribution < -0.4 is 10.6 Å². The van der Waals surface area contributed by atoms with Gasteiger partial charge in [0, 0.05) is 6.42 Å². The monoisotopic (exact) mass is 223 g/mol. The van der Waals surface area contributed by atoms with Gasteiger partial charge in [0.25, 0.3) is 0 Å². The first-order valence-corrected chi connectivity index (χ1v) is 5.57. The highest BCUT2D eigenvalue weighted by molar-refractivity contribution is 5.76. The molecule has 1 unspecified atom stereocenters. The third-order valence-electron chi connectivity index (χ3n) is 2.73. The van der Waals surface area contributed by atoms with Crippen molar-refractivity contribution in [3.63, 3.8) is 0 Å². The Morgan fingerprint density at radius 3 is 3.00 bits per heavy atom. The molecule has 2 heterocycles. The molecule has 5 nitrogen and oxygen atoms in total. The predicted molar refractivity (Wildman–Crippen MR) is 58.8 cm³/mol. The van der Waals surface area contributed by atoms with Gasteiger partial charge in [-0.1, -0.05) is 0 Å². The highest BCUT2D eigenvalue weighted by Crippen LogP contribution is 2.13. The molecule has 1 saturated heterocycles. The lowest BCUT2D eigenvalue weighted by Gasteiger charge is -2.26. The average molecular weight is 223 g/mol. The molecule has 2 N–H and O–H groups in total. The summed E-state index contributed by atoms with van der Waals surface area (Å²) in [5, 5.41) is 6.03. The minimum Gasteiger partial charge on any atom is -0.444 e. The average Bonchev–Trinajstić information content (AvgIpc) is 2.58. The van der Waals surface area contributed by atoms with Crippen molar-refractivity contribution in [1.82, 2.24) is 15.6 Å². The van der Waals surface area contributed by atoms with E-state index in [9.17, 15) is 4.79 Å². The summed E-state index contributed by atoms with van der Waals surface area (Å²) in [5.41, 5.74) is 0. The largest absolute Gasteiger partial charge is 0.444 e. The van der Waals surface area contributed by atoms with Crippen LogP contribution in [0.5, 0.6) is 0 Å². The molecule has 1 aromatic rings. The fourth-order valence-corrected chi connectivity index (χ4v) is 1.69. The third-order valence-corrected chi connectivity index (χ3v) is 2.73. The van der Waals surface area contributed by atoms with E-state index in [1.807, 2.05) is 13.8 Å². The molecule has 1 aliphatic heterocycles. The molecule has 88 valence electrons. The van der Waals surface area contributed by atoms with Gasteiger partial charge in [0.15, 0.2) is 0 Å². The van der Waals surface area contributed by atoms with Crippen LogP contribution in [-0.2, 0) is 4.79 Å². The summed E-state index contributed by atoms with van der Waals surface area (Å²) >= 11 is 0. The van der Waals surface area contributed by atoms with E-state index in [2.05, 4.69) is 15.6 Å². The molecule has 1 fully saturated rings. The van der Waals surface area contributed by atoms with Crippen LogP contribution in [0.3, 0.4) is 0 Å². The number of oxazole rings is 1. The molecule has 5 heteroatoms. The SMILES string of the molecule is Cc1cnc(C(C)NC(=O)CC2CNC2)o1. The van der Waals surface area contributed by atoms with Gasteiger partial charge < -0.3 is 15.1 Å². The van der Waals surface area contributed by atoms with Crippen molar-refractivity contribution in [2.45, 2.75) is 26.3 Å². The van der Waals surface area contributed by atoms with E-state index in [-0.39, 0.29) is 11.9 Å². The van der Waals surface area contributed by atoms with Gasteiger partial charge in [-0.25, -0.2) is 4.98 Å². The van der Waals surface area contributed by atoms with Crippen LogP contribution in [0.25, 0.3) is 0 Å². The number of aryl methyl sites for hydroxylation is 1. The van der Waals surface area contributed by atoms with E-state index < -0.39 is 0 Å². The summed E-state index contributed by atoms with van der Waals surface area (Å²) in [4.78, 5) is 15.7. The van der Waals surface area contributed by atoms with Gasteiger partial charge in [0.05, 0.1) is 6.20 Å². The van der Waals surface area contributed by atoms with E-state index in [0.717, 1.165) is 18.8 Å². The molecule has 0 aliphatic carbocycles. The molecule has 1 aliphatic rings. The normalized spacial score (nSPS) is 17.9. The Labute approximate surface area is 94.6 Å². The van der Waals surface area contributed by atoms with Gasteiger partial charge >= 0.3 is 0 Å². The van der Waals surface area contributed by atoms with Gasteiger partial charge in [-0.05, 0) is 32.9 Å². The quantitative estimate of drug-likeness (QED) is 0.791. The Morgan fingerprint density at radius 1 is 1.75 bits per heavy atom. The molecule has 0 spiro atoms. The number of nitrogens with zero attached hydrogens (tertiary/aromatic N) is 1. The Kier molecular flexibility index (Phi) is 3.24. The zero-order valence-electron chi connectivity index (χ0n) is 9.62. The molecule has 0 radical (unpaired) electrons. The van der Waals surface area contributed by atoms with Gasteiger partial charge in [-0.2, -0.15) is 0 Å². The maximum Gasteiger partial charge on any atom is 0.221 e. The Bertz CT molecular complexity index is 371. The molecule has 2 rings (SSSR count). The van der Waals surface area contributed by atoms with Crippen molar-refractivity contribution in [3.8, 4) is 0 Å². The van der Waals surface area contributed by atoms with Gasteiger partial charge in [-0.3, -0.25) is 4.79 Å². The van der Waals surface area contributed by atoms with Crippen LogP contribution in [0.1, 0.15) is 31.0 Å². The van der Waals surface area contributed by atoms with E-state index in [1.165, 1.54) is 0 Å². The Morgan fingerprint density at radius 2 is 2.50 bits per heavy atom. The summed E-state index contributed by atoms with van der Waals surface area (Å²) in [6, 6.07) is -0.158. The van der Waals surface area contributed by atoms with Crippen molar-refractivity contribution >= 4 is 5.91 Å². The number of rotatable bonds is 4. The number of carbonyl (C=O) groups is 1. The summed E-state index contributed by atoms with van der Waals surface area (Å²) in [6.45, 7) is 5.60. The second-order valence-corrected chi connectivity index (χ2v) is 4.33. The number of hydrogen-bond acceptors (Lipinski definition) is 4. The molecule has 0 bridgehead atoms. The molecule has 1 atom stereocenters. The minimum absolute atomic E-state index is 0.0647. The molecule has 16 heavy (non-hydrogen) atoms. The minimum atomic E-state index is -0.158. The molecule has 1 amide bonds. The first kappa shape index (κ1) is 11.1. The van der Waals surface area contributed by atoms with Gasteiger partial charge in [0.1, 0.15) is 11.8 Å². The van der Waals surface area contributed by atoms with E-state index in [1.54, 1.807) is 6.20 Å². The van der Waals surface area contributed by atoms with E-state index in [0.29, 0.717) is 18.2 Å². The lowest BCUT2D eigenvalue weighted by Crippen LogP contribution is -2.44. The van der Waals surface area contributed by atoms with Crippen LogP contribution in [0.15, 0.2) is 10.6 Å². The first-order chi connectivity index (χ1) is 7.65. The number of nitrogens with one attached hydrogen (secondary N) is 2. The van der Waals surface area contributed by atoms with Crippen molar-refractivity contribution in [1.29, 1.82) is 0 Å². The zero-order valence-corrected chi connectivity index (χ0v) is 9.62. The number of hydrogen-bond donors (Lipinski definition) is 2. The van der Waals surface area contributed by atoms with Crippen molar-refractivity contribution in [3.05, 3.63) is 17.8 Å². The zero-order chi connectivity index (χ0) is 11.5. The third kappa shape index (κ3) is 2.61. The second kappa shape index (κ2) is 4.65. The summed E-state index contributed by atoms with van der Waals surface area (Å²) in [6.07, 6.45) is 2.24. The molecule has 0 aromatic carbocycles. The highest BCUT2D eigenvalue weighted by Gasteiger charge is 2.22. The number of aromatic nitrogens is 1. The standard InChI is InChI=1S/C11H17N3O2/c1-7-4-13-11(16-7)8(2)14-10(15)3-9-5-12-6-9/h4,8-9,12H,3,5-6H2,1-2H3,(H,14,15). The lowest BCUT2D eigenvalue weighted by atomic mass is 9.99. The van der Waals surface area contributed by atoms with Crippen LogP contribution in [0.4, 0.5) is 0 Å². The van der Waals surface area contributed by atoms with E-state index in [4.69, 9.17) is 4.42 Å². The number of amides is 1. The van der Waals surface area contributed by atoms with Crippen LogP contribution in [0, 0.1) is 12.8 Å². The highest BCUT2D eigenvalue weighted by atomic mass is 16.4. The Hall–Kier alpha value is -1.36. The van der Waals surface area contributed by atoms with Crippen LogP contribution >= 0.6 is 0 Å². The topological polar surface area (TPSA) is 67.2 Å². The maximum absolute atomic E-state index is 11.6. The number of carbonyl (C=O) groups excluding carboxylic acids is 1. The first-order valence-electron chi connectivity index (χ1n) is 5.57. The molecular formula is C11H17N3O2. The van der Waals surface area contributed by atoms with Crippen LogP contribution in [-0.4, -0.2) is 24.0 Å². The van der Waals surface area contributed by atoms with Gasteiger partial charge in [-0.15, -0.1) is 0 Å². The van der Waals surface area contributed by atoms with Crippen molar-refractivity contribution in [2.75, 3.05) is 13.1 Å². The molecular weight excluding hydrogens is 206 g/mol. The fourth-order valence-electron chi connectivity index (χ4n) is 1.69. The van der Waals surface area contributed by atoms with Crippen molar-refractivity contribution < 1.29 is 9.21 Å². The maximum atomic E-state index is 11.6. The van der Waals surface area contributed by atoms with E-state index >= 15 is 0 Å². The molecule has 1 aromatic heterocycles. The summed E-state index contributed by atoms with van der Waals surface area (Å²) in [7, 11) is 0. The molecule has 0 saturated carbocycles.